The maximum atomic E-state index is 11.3. The van der Waals surface area contributed by atoms with Crippen molar-refractivity contribution in [1.82, 2.24) is 0 Å². The summed E-state index contributed by atoms with van der Waals surface area (Å²) in [6.45, 7) is 4.07. The summed E-state index contributed by atoms with van der Waals surface area (Å²) in [5.41, 5.74) is 10.7. The van der Waals surface area contributed by atoms with E-state index in [1.165, 1.54) is 11.1 Å². The van der Waals surface area contributed by atoms with E-state index in [2.05, 4.69) is 37.3 Å². The molecule has 0 aromatic heterocycles. The van der Waals surface area contributed by atoms with Gasteiger partial charge in [-0.1, -0.05) is 35.9 Å². The van der Waals surface area contributed by atoms with E-state index in [0.717, 1.165) is 42.4 Å². The normalized spacial score (nSPS) is 17.7. The number of carbonyl (C=O) groups is 1. The zero-order chi connectivity index (χ0) is 15.4. The molecule has 21 heavy (non-hydrogen) atoms. The summed E-state index contributed by atoms with van der Waals surface area (Å²) in [5, 5.41) is 7.90. The van der Waals surface area contributed by atoms with Gasteiger partial charge in [0.25, 0.3) is 5.91 Å². The maximum absolute atomic E-state index is 11.3. The topological polar surface area (TPSA) is 66.9 Å². The molecule has 0 atom stereocenters. The average Bonchev–Trinajstić information content (AvgIpc) is 2.63. The van der Waals surface area contributed by atoms with E-state index in [0.29, 0.717) is 0 Å². The Hall–Kier alpha value is -2.16. The Morgan fingerprint density at radius 2 is 1.76 bits per heavy atom. The van der Waals surface area contributed by atoms with Gasteiger partial charge in [0.2, 0.25) is 0 Å². The van der Waals surface area contributed by atoms with Crippen molar-refractivity contribution in [2.45, 2.75) is 39.5 Å². The Kier molecular flexibility index (Phi) is 4.73. The van der Waals surface area contributed by atoms with Crippen LogP contribution in [-0.2, 0) is 4.79 Å². The highest BCUT2D eigenvalue weighted by Crippen LogP contribution is 2.30. The van der Waals surface area contributed by atoms with Crippen molar-refractivity contribution in [1.29, 1.82) is 5.41 Å². The number of nitrogens with one attached hydrogen (secondary N) is 1. The molecule has 3 heteroatoms. The molecule has 2 rings (SSSR count). The third-order valence-electron chi connectivity index (χ3n) is 4.02. The van der Waals surface area contributed by atoms with Crippen LogP contribution in [0.15, 0.2) is 41.0 Å². The first kappa shape index (κ1) is 15.2. The lowest BCUT2D eigenvalue weighted by atomic mass is 9.95. The van der Waals surface area contributed by atoms with Gasteiger partial charge in [0, 0.05) is 0 Å². The van der Waals surface area contributed by atoms with Crippen LogP contribution in [0.3, 0.4) is 0 Å². The lowest BCUT2D eigenvalue weighted by Gasteiger charge is -2.11. The summed E-state index contributed by atoms with van der Waals surface area (Å²) < 4.78 is 0. The van der Waals surface area contributed by atoms with Crippen molar-refractivity contribution in [3.63, 3.8) is 0 Å². The largest absolute Gasteiger partial charge is 0.364 e. The minimum atomic E-state index is -0.638. The van der Waals surface area contributed by atoms with Gasteiger partial charge >= 0.3 is 0 Å². The highest BCUT2D eigenvalue weighted by molar-refractivity contribution is 6.43. The molecule has 0 heterocycles. The minimum Gasteiger partial charge on any atom is -0.364 e. The van der Waals surface area contributed by atoms with Crippen LogP contribution >= 0.6 is 0 Å². The summed E-state index contributed by atoms with van der Waals surface area (Å²) in [6, 6.07) is 8.38. The zero-order valence-electron chi connectivity index (χ0n) is 12.7. The van der Waals surface area contributed by atoms with E-state index < -0.39 is 5.91 Å². The number of carbonyl (C=O) groups excluding carboxylic acids is 1. The van der Waals surface area contributed by atoms with Crippen molar-refractivity contribution in [2.24, 2.45) is 5.73 Å². The van der Waals surface area contributed by atoms with Gasteiger partial charge in [-0.05, 0) is 61.8 Å². The van der Waals surface area contributed by atoms with Crippen LogP contribution in [0.5, 0.6) is 0 Å². The van der Waals surface area contributed by atoms with Crippen LogP contribution in [-0.4, -0.2) is 11.6 Å². The third-order valence-corrected chi connectivity index (χ3v) is 4.02. The SMILES string of the molecule is CC1=C(C(=N)C(N)=O)CCCC/C1=C\c1ccc(C)cc1. The second kappa shape index (κ2) is 6.53. The van der Waals surface area contributed by atoms with E-state index >= 15 is 0 Å². The smallest absolute Gasteiger partial charge is 0.266 e. The number of primary amides is 1. The van der Waals surface area contributed by atoms with Crippen LogP contribution in [0.2, 0.25) is 0 Å². The van der Waals surface area contributed by atoms with Crippen molar-refractivity contribution in [3.05, 3.63) is 52.1 Å². The number of amides is 1. The maximum Gasteiger partial charge on any atom is 0.266 e. The van der Waals surface area contributed by atoms with Crippen LogP contribution in [0, 0.1) is 12.3 Å². The number of aryl methyl sites for hydroxylation is 1. The standard InChI is InChI=1S/C18H22N2O/c1-12-7-9-14(10-8-12)11-15-5-3-4-6-16(13(15)2)17(19)18(20)21/h7-11,19H,3-6H2,1-2H3,(H2,20,21)/b15-11+,19-17?. The first-order valence-corrected chi connectivity index (χ1v) is 7.35. The first-order chi connectivity index (χ1) is 9.99. The molecule has 110 valence electrons. The number of nitrogens with two attached hydrogens (primary N) is 1. The average molecular weight is 282 g/mol. The van der Waals surface area contributed by atoms with E-state index in [9.17, 15) is 4.79 Å². The monoisotopic (exact) mass is 282 g/mol. The van der Waals surface area contributed by atoms with Crippen molar-refractivity contribution < 1.29 is 4.79 Å². The molecule has 1 amide bonds. The van der Waals surface area contributed by atoms with Crippen LogP contribution in [0.4, 0.5) is 0 Å². The van der Waals surface area contributed by atoms with Gasteiger partial charge in [0.05, 0.1) is 0 Å². The van der Waals surface area contributed by atoms with Crippen LogP contribution < -0.4 is 5.73 Å². The Balaban J connectivity index is 2.41. The Labute approximate surface area is 126 Å². The molecule has 1 aliphatic carbocycles. The quantitative estimate of drug-likeness (QED) is 0.814. The van der Waals surface area contributed by atoms with Crippen molar-refractivity contribution in [2.75, 3.05) is 0 Å². The minimum absolute atomic E-state index is 0.0378. The van der Waals surface area contributed by atoms with Gasteiger partial charge in [0.15, 0.2) is 0 Å². The number of hydrogen-bond acceptors (Lipinski definition) is 2. The predicted octanol–water partition coefficient (Wildman–Crippen LogP) is 3.77. The molecule has 0 fully saturated rings. The zero-order valence-corrected chi connectivity index (χ0v) is 12.7. The Morgan fingerprint density at radius 3 is 2.38 bits per heavy atom. The second-order valence-electron chi connectivity index (χ2n) is 5.63. The summed E-state index contributed by atoms with van der Waals surface area (Å²) in [4.78, 5) is 11.3. The van der Waals surface area contributed by atoms with Crippen LogP contribution in [0.25, 0.3) is 6.08 Å². The third kappa shape index (κ3) is 3.69. The summed E-state index contributed by atoms with van der Waals surface area (Å²) >= 11 is 0. The predicted molar refractivity (Wildman–Crippen MR) is 87.2 cm³/mol. The Morgan fingerprint density at radius 1 is 1.14 bits per heavy atom. The molecule has 0 aliphatic heterocycles. The molecule has 0 bridgehead atoms. The molecule has 3 N–H and O–H groups in total. The second-order valence-corrected chi connectivity index (χ2v) is 5.63. The van der Waals surface area contributed by atoms with E-state index in [-0.39, 0.29) is 5.71 Å². The van der Waals surface area contributed by atoms with Gasteiger partial charge in [-0.2, -0.15) is 0 Å². The first-order valence-electron chi connectivity index (χ1n) is 7.35. The molecule has 1 aromatic carbocycles. The van der Waals surface area contributed by atoms with Gasteiger partial charge in [-0.25, -0.2) is 0 Å². The van der Waals surface area contributed by atoms with Crippen molar-refractivity contribution >= 4 is 17.7 Å². The summed E-state index contributed by atoms with van der Waals surface area (Å²) in [6.07, 6.45) is 5.97. The van der Waals surface area contributed by atoms with E-state index in [1.54, 1.807) is 0 Å². The highest BCUT2D eigenvalue weighted by atomic mass is 16.1. The van der Waals surface area contributed by atoms with E-state index in [1.807, 2.05) is 6.92 Å². The lowest BCUT2D eigenvalue weighted by molar-refractivity contribution is -0.112. The molecule has 1 aromatic rings. The molecule has 1 aliphatic rings. The fourth-order valence-corrected chi connectivity index (χ4v) is 2.69. The molecule has 0 spiro atoms. The molecule has 0 unspecified atom stereocenters. The van der Waals surface area contributed by atoms with Crippen molar-refractivity contribution in [3.8, 4) is 0 Å². The fourth-order valence-electron chi connectivity index (χ4n) is 2.69. The number of benzene rings is 1. The van der Waals surface area contributed by atoms with Gasteiger partial charge in [-0.15, -0.1) is 0 Å². The van der Waals surface area contributed by atoms with Gasteiger partial charge < -0.3 is 5.73 Å². The van der Waals surface area contributed by atoms with E-state index in [4.69, 9.17) is 11.1 Å². The highest BCUT2D eigenvalue weighted by Gasteiger charge is 2.18. The Bertz CT molecular complexity index is 621. The summed E-state index contributed by atoms with van der Waals surface area (Å²) in [7, 11) is 0. The lowest BCUT2D eigenvalue weighted by Crippen LogP contribution is -2.24. The molecular weight excluding hydrogens is 260 g/mol. The molecular formula is C18H22N2O. The number of rotatable bonds is 3. The fraction of sp³-hybridized carbons (Fsp3) is 0.333. The van der Waals surface area contributed by atoms with Crippen LogP contribution in [0.1, 0.15) is 43.7 Å². The number of hydrogen-bond donors (Lipinski definition) is 2. The number of allylic oxidation sites excluding steroid dienone is 2. The van der Waals surface area contributed by atoms with Gasteiger partial charge in [-0.3, -0.25) is 10.2 Å². The molecule has 0 radical (unpaired) electrons. The molecule has 0 saturated carbocycles. The molecule has 3 nitrogen and oxygen atoms in total. The summed E-state index contributed by atoms with van der Waals surface area (Å²) in [5.74, 6) is -0.638. The molecule has 0 saturated heterocycles. The van der Waals surface area contributed by atoms with Gasteiger partial charge in [0.1, 0.15) is 5.71 Å².